The van der Waals surface area contributed by atoms with Gasteiger partial charge in [0, 0.05) is 6.04 Å². The number of halogens is 2. The minimum Gasteiger partial charge on any atom is -0.506 e. The molecular weight excluding hydrogens is 310 g/mol. The van der Waals surface area contributed by atoms with Crippen molar-refractivity contribution in [3.05, 3.63) is 26.6 Å². The van der Waals surface area contributed by atoms with E-state index >= 15 is 0 Å². The molecule has 1 rings (SSSR count). The van der Waals surface area contributed by atoms with Crippen molar-refractivity contribution in [3.8, 4) is 5.75 Å². The van der Waals surface area contributed by atoms with Gasteiger partial charge in [-0.3, -0.25) is 0 Å². The minimum absolute atomic E-state index is 0.0354. The summed E-state index contributed by atoms with van der Waals surface area (Å²) in [6.07, 6.45) is 2.00. The Morgan fingerprint density at radius 1 is 1.36 bits per heavy atom. The Hall–Kier alpha value is -0.0600. The van der Waals surface area contributed by atoms with Crippen LogP contribution in [-0.2, 0) is 0 Å². The zero-order valence-electron chi connectivity index (χ0n) is 7.93. The predicted octanol–water partition coefficient (Wildman–Crippen LogP) is 3.72. The third-order valence-electron chi connectivity index (χ3n) is 2.07. The zero-order chi connectivity index (χ0) is 10.7. The van der Waals surface area contributed by atoms with E-state index in [1.54, 1.807) is 0 Å². The molecule has 2 nitrogen and oxygen atoms in total. The average molecular weight is 323 g/mol. The fraction of sp³-hybridized carbons (Fsp3) is 0.400. The van der Waals surface area contributed by atoms with Crippen molar-refractivity contribution >= 4 is 31.9 Å². The molecule has 78 valence electrons. The lowest BCUT2D eigenvalue weighted by Gasteiger charge is -2.12. The number of rotatable bonds is 3. The lowest BCUT2D eigenvalue weighted by atomic mass is 10.0. The van der Waals surface area contributed by atoms with Gasteiger partial charge >= 0.3 is 0 Å². The Morgan fingerprint density at radius 3 is 2.29 bits per heavy atom. The van der Waals surface area contributed by atoms with Crippen LogP contribution in [-0.4, -0.2) is 5.11 Å². The van der Waals surface area contributed by atoms with Gasteiger partial charge in [-0.05, 0) is 56.0 Å². The van der Waals surface area contributed by atoms with Crippen LogP contribution in [0.5, 0.6) is 5.75 Å². The fourth-order valence-corrected chi connectivity index (χ4v) is 2.50. The molecule has 0 aliphatic carbocycles. The van der Waals surface area contributed by atoms with Gasteiger partial charge < -0.3 is 10.8 Å². The predicted molar refractivity (Wildman–Crippen MR) is 65.3 cm³/mol. The summed E-state index contributed by atoms with van der Waals surface area (Å²) in [6.45, 7) is 2.10. The summed E-state index contributed by atoms with van der Waals surface area (Å²) in [4.78, 5) is 0. The summed E-state index contributed by atoms with van der Waals surface area (Å²) in [6, 6.07) is 3.76. The van der Waals surface area contributed by atoms with Crippen molar-refractivity contribution in [1.29, 1.82) is 0 Å². The van der Waals surface area contributed by atoms with Gasteiger partial charge in [0.25, 0.3) is 0 Å². The first kappa shape index (κ1) is 12.0. The number of aromatic hydroxyl groups is 1. The molecule has 0 radical (unpaired) electrons. The van der Waals surface area contributed by atoms with Crippen LogP contribution in [0.2, 0.25) is 0 Å². The average Bonchev–Trinajstić information content (AvgIpc) is 2.13. The molecular formula is C10H13Br2NO. The van der Waals surface area contributed by atoms with Crippen molar-refractivity contribution in [2.24, 2.45) is 5.73 Å². The van der Waals surface area contributed by atoms with E-state index in [1.165, 1.54) is 0 Å². The third kappa shape index (κ3) is 2.72. The number of hydrogen-bond acceptors (Lipinski definition) is 2. The fourth-order valence-electron chi connectivity index (χ4n) is 1.28. The molecule has 0 spiro atoms. The number of phenols is 1. The number of nitrogens with two attached hydrogens (primary N) is 1. The summed E-state index contributed by atoms with van der Waals surface area (Å²) < 4.78 is 1.35. The SMILES string of the molecule is CCC[C@H](N)c1cc(Br)c(O)c(Br)c1. The van der Waals surface area contributed by atoms with Crippen molar-refractivity contribution in [3.63, 3.8) is 0 Å². The Labute approximate surface area is 101 Å². The molecule has 1 aromatic rings. The van der Waals surface area contributed by atoms with E-state index in [9.17, 15) is 5.11 Å². The van der Waals surface area contributed by atoms with E-state index in [4.69, 9.17) is 5.73 Å². The van der Waals surface area contributed by atoms with Crippen LogP contribution in [0.4, 0.5) is 0 Å². The van der Waals surface area contributed by atoms with Crippen LogP contribution in [0.1, 0.15) is 31.4 Å². The quantitative estimate of drug-likeness (QED) is 0.891. The second-order valence-corrected chi connectivity index (χ2v) is 4.94. The van der Waals surface area contributed by atoms with Gasteiger partial charge in [0.05, 0.1) is 8.95 Å². The van der Waals surface area contributed by atoms with Crippen molar-refractivity contribution in [2.45, 2.75) is 25.8 Å². The molecule has 1 aromatic carbocycles. The van der Waals surface area contributed by atoms with Crippen LogP contribution < -0.4 is 5.73 Å². The summed E-state index contributed by atoms with van der Waals surface area (Å²) >= 11 is 6.56. The number of phenolic OH excluding ortho intramolecular Hbond substituents is 1. The Morgan fingerprint density at radius 2 is 1.86 bits per heavy atom. The normalized spacial score (nSPS) is 12.9. The maximum atomic E-state index is 9.51. The van der Waals surface area contributed by atoms with Gasteiger partial charge in [-0.2, -0.15) is 0 Å². The second-order valence-electron chi connectivity index (χ2n) is 3.23. The smallest absolute Gasteiger partial charge is 0.143 e. The molecule has 14 heavy (non-hydrogen) atoms. The molecule has 4 heteroatoms. The van der Waals surface area contributed by atoms with Gasteiger partial charge in [0.15, 0.2) is 0 Å². The van der Waals surface area contributed by atoms with Gasteiger partial charge in [-0.1, -0.05) is 13.3 Å². The molecule has 0 aliphatic rings. The standard InChI is InChI=1S/C10H13Br2NO/c1-2-3-9(13)6-4-7(11)10(14)8(12)5-6/h4-5,9,14H,2-3,13H2,1H3/t9-/m0/s1. The highest BCUT2D eigenvalue weighted by molar-refractivity contribution is 9.11. The summed E-state index contributed by atoms with van der Waals surface area (Å²) in [5.74, 6) is 0.220. The van der Waals surface area contributed by atoms with Gasteiger partial charge in [0.1, 0.15) is 5.75 Å². The van der Waals surface area contributed by atoms with E-state index in [0.29, 0.717) is 8.95 Å². The highest BCUT2D eigenvalue weighted by Gasteiger charge is 2.10. The maximum Gasteiger partial charge on any atom is 0.143 e. The highest BCUT2D eigenvalue weighted by atomic mass is 79.9. The van der Waals surface area contributed by atoms with E-state index in [1.807, 2.05) is 12.1 Å². The lowest BCUT2D eigenvalue weighted by Crippen LogP contribution is -2.09. The molecule has 0 unspecified atom stereocenters. The summed E-state index contributed by atoms with van der Waals surface area (Å²) in [5, 5.41) is 9.51. The van der Waals surface area contributed by atoms with Crippen LogP contribution >= 0.6 is 31.9 Å². The zero-order valence-corrected chi connectivity index (χ0v) is 11.1. The van der Waals surface area contributed by atoms with Crippen LogP contribution in [0, 0.1) is 0 Å². The Bertz CT molecular complexity index is 305. The largest absolute Gasteiger partial charge is 0.506 e. The van der Waals surface area contributed by atoms with Crippen molar-refractivity contribution < 1.29 is 5.11 Å². The molecule has 0 saturated carbocycles. The van der Waals surface area contributed by atoms with Crippen molar-refractivity contribution in [1.82, 2.24) is 0 Å². The topological polar surface area (TPSA) is 46.2 Å². The minimum atomic E-state index is 0.0354. The Balaban J connectivity index is 3.00. The third-order valence-corrected chi connectivity index (χ3v) is 3.28. The maximum absolute atomic E-state index is 9.51. The molecule has 0 amide bonds. The van der Waals surface area contributed by atoms with Gasteiger partial charge in [0.2, 0.25) is 0 Å². The van der Waals surface area contributed by atoms with E-state index < -0.39 is 0 Å². The monoisotopic (exact) mass is 321 g/mol. The van der Waals surface area contributed by atoms with E-state index in [-0.39, 0.29) is 11.8 Å². The molecule has 1 atom stereocenters. The summed E-state index contributed by atoms with van der Waals surface area (Å²) in [5.41, 5.74) is 7.00. The molecule has 3 N–H and O–H groups in total. The molecule has 0 bridgehead atoms. The first-order chi connectivity index (χ1) is 6.56. The summed E-state index contributed by atoms with van der Waals surface area (Å²) in [7, 11) is 0. The van der Waals surface area contributed by atoms with Crippen LogP contribution in [0.3, 0.4) is 0 Å². The van der Waals surface area contributed by atoms with E-state index in [0.717, 1.165) is 18.4 Å². The molecule has 0 aliphatic heterocycles. The molecule has 0 fully saturated rings. The Kier molecular flexibility index (Phi) is 4.41. The number of benzene rings is 1. The second kappa shape index (κ2) is 5.14. The van der Waals surface area contributed by atoms with Crippen LogP contribution in [0.25, 0.3) is 0 Å². The van der Waals surface area contributed by atoms with Gasteiger partial charge in [-0.15, -0.1) is 0 Å². The molecule has 0 heterocycles. The lowest BCUT2D eigenvalue weighted by molar-refractivity contribution is 0.467. The molecule has 0 aromatic heterocycles. The highest BCUT2D eigenvalue weighted by Crippen LogP contribution is 2.35. The first-order valence-electron chi connectivity index (χ1n) is 4.49. The van der Waals surface area contributed by atoms with Crippen LogP contribution in [0.15, 0.2) is 21.1 Å². The first-order valence-corrected chi connectivity index (χ1v) is 6.08. The van der Waals surface area contributed by atoms with Crippen molar-refractivity contribution in [2.75, 3.05) is 0 Å². The van der Waals surface area contributed by atoms with Gasteiger partial charge in [-0.25, -0.2) is 0 Å². The van der Waals surface area contributed by atoms with E-state index in [2.05, 4.69) is 38.8 Å². The molecule has 0 saturated heterocycles. The number of hydrogen-bond donors (Lipinski definition) is 2.